The minimum absolute atomic E-state index is 0.0136. The van der Waals surface area contributed by atoms with E-state index < -0.39 is 35.3 Å². The van der Waals surface area contributed by atoms with Crippen LogP contribution in [0, 0.1) is 11.8 Å². The largest absolute Gasteiger partial charge is 0.497 e. The molecule has 1 fully saturated rings. The Bertz CT molecular complexity index is 3050. The zero-order chi connectivity index (χ0) is 44.2. The number of rotatable bonds is 14. The molecule has 1 saturated heterocycles. The van der Waals surface area contributed by atoms with Gasteiger partial charge < -0.3 is 29.4 Å². The number of aromatic nitrogens is 2. The Labute approximate surface area is 369 Å². The molecule has 1 aromatic heterocycles. The normalized spacial score (nSPS) is 16.2. The van der Waals surface area contributed by atoms with Gasteiger partial charge in [-0.1, -0.05) is 121 Å². The van der Waals surface area contributed by atoms with Crippen LogP contribution < -0.4 is 26.0 Å². The summed E-state index contributed by atoms with van der Waals surface area (Å²) < 4.78 is 25.4. The molecule has 11 heteroatoms. The number of aromatic amines is 1. The van der Waals surface area contributed by atoms with E-state index in [4.69, 9.17) is 18.9 Å². The number of carbonyl (C=O) groups is 1. The second-order valence-corrected chi connectivity index (χ2v) is 16.0. The van der Waals surface area contributed by atoms with Gasteiger partial charge in [-0.05, 0) is 91.7 Å². The summed E-state index contributed by atoms with van der Waals surface area (Å²) >= 11 is 0. The Kier molecular flexibility index (Phi) is 12.0. The van der Waals surface area contributed by atoms with Gasteiger partial charge in [0.25, 0.3) is 5.56 Å². The van der Waals surface area contributed by atoms with Crippen molar-refractivity contribution in [3.8, 4) is 23.3 Å². The topological polar surface area (TPSA) is 141 Å². The number of hydrogen-bond donors (Lipinski definition) is 3. The zero-order valence-electron chi connectivity index (χ0n) is 35.5. The summed E-state index contributed by atoms with van der Waals surface area (Å²) in [7, 11) is 3.21. The van der Waals surface area contributed by atoms with Crippen LogP contribution in [0.25, 0.3) is 32.3 Å². The highest BCUT2D eigenvalue weighted by Crippen LogP contribution is 2.43. The van der Waals surface area contributed by atoms with Gasteiger partial charge in [-0.2, -0.15) is 0 Å². The molecule has 0 bridgehead atoms. The lowest BCUT2D eigenvalue weighted by Crippen LogP contribution is -2.38. The number of methoxy groups -OCH3 is 2. The highest BCUT2D eigenvalue weighted by Gasteiger charge is 2.42. The summed E-state index contributed by atoms with van der Waals surface area (Å²) in [6, 6.07) is 44.3. The second kappa shape index (κ2) is 18.2. The number of aryl methyl sites for hydroxylation is 1. The maximum atomic E-state index is 13.1. The average Bonchev–Trinajstić information content (AvgIpc) is 3.70. The Morgan fingerprint density at radius 3 is 2.09 bits per heavy atom. The standard InChI is InChI=1S/C53H47N3O8/c1-61-42-25-21-40(22-26-42)53(39-13-4-3-5-14-39,41-23-27-43(62-2)28-24-41)63-33-46-45(57)31-48(64-46)56-32-38(51(59)55-52(56)60)12-8-30-54-47(58)15-7-9-34-16-17-37-19-18-35-10-6-11-36-20-29-44(34)50(37)49(35)36/h3-6,10-11,13-14,16-29,32,45-46,48,57H,7,9,15,30-31,33H2,1-2H3,(H,54,58)(H,55,59,60)/t45-,46+,48+/m0/s1. The summed E-state index contributed by atoms with van der Waals surface area (Å²) in [6.07, 6.45) is 0.322. The highest BCUT2D eigenvalue weighted by molar-refractivity contribution is 6.23. The van der Waals surface area contributed by atoms with Crippen molar-refractivity contribution < 1.29 is 28.8 Å². The molecule has 11 nitrogen and oxygen atoms in total. The number of amides is 1. The van der Waals surface area contributed by atoms with Crippen molar-refractivity contribution in [3.63, 3.8) is 0 Å². The van der Waals surface area contributed by atoms with E-state index in [1.165, 1.54) is 48.6 Å². The molecule has 3 atom stereocenters. The van der Waals surface area contributed by atoms with E-state index >= 15 is 0 Å². The first kappa shape index (κ1) is 42.1. The van der Waals surface area contributed by atoms with Crippen LogP contribution in [-0.4, -0.2) is 60.1 Å². The summed E-state index contributed by atoms with van der Waals surface area (Å²) in [5.74, 6) is 6.85. The van der Waals surface area contributed by atoms with Gasteiger partial charge in [0.05, 0.1) is 33.5 Å². The van der Waals surface area contributed by atoms with Crippen LogP contribution in [0.5, 0.6) is 11.5 Å². The van der Waals surface area contributed by atoms with Crippen molar-refractivity contribution in [3.05, 3.63) is 188 Å². The smallest absolute Gasteiger partial charge is 0.330 e. The number of H-pyrrole nitrogens is 1. The fourth-order valence-electron chi connectivity index (χ4n) is 8.93. The second-order valence-electron chi connectivity index (χ2n) is 16.0. The number of aliphatic hydroxyl groups is 1. The maximum Gasteiger partial charge on any atom is 0.330 e. The van der Waals surface area contributed by atoms with E-state index in [2.05, 4.69) is 76.7 Å². The number of carbonyl (C=O) groups excluding carboxylic acids is 1. The van der Waals surface area contributed by atoms with E-state index in [9.17, 15) is 19.5 Å². The van der Waals surface area contributed by atoms with Crippen LogP contribution in [0.1, 0.15) is 53.3 Å². The maximum absolute atomic E-state index is 13.1. The molecule has 1 aliphatic heterocycles. The summed E-state index contributed by atoms with van der Waals surface area (Å²) in [6.45, 7) is -0.0483. The third kappa shape index (κ3) is 8.22. The molecule has 322 valence electrons. The first-order valence-electron chi connectivity index (χ1n) is 21.3. The van der Waals surface area contributed by atoms with Gasteiger partial charge in [-0.15, -0.1) is 0 Å². The molecule has 0 unspecified atom stereocenters. The van der Waals surface area contributed by atoms with Crippen molar-refractivity contribution in [1.82, 2.24) is 14.9 Å². The van der Waals surface area contributed by atoms with E-state index in [-0.39, 0.29) is 31.0 Å². The third-order valence-electron chi connectivity index (χ3n) is 12.2. The highest BCUT2D eigenvalue weighted by atomic mass is 16.6. The van der Waals surface area contributed by atoms with E-state index in [0.29, 0.717) is 24.3 Å². The molecule has 1 amide bonds. The van der Waals surface area contributed by atoms with E-state index in [1.807, 2.05) is 78.9 Å². The Balaban J connectivity index is 0.861. The minimum atomic E-state index is -1.15. The monoisotopic (exact) mass is 853 g/mol. The van der Waals surface area contributed by atoms with Gasteiger partial charge in [-0.25, -0.2) is 4.79 Å². The molecule has 1 aliphatic rings. The fourth-order valence-corrected chi connectivity index (χ4v) is 8.93. The van der Waals surface area contributed by atoms with Crippen molar-refractivity contribution in [2.24, 2.45) is 0 Å². The van der Waals surface area contributed by atoms with Gasteiger partial charge >= 0.3 is 5.69 Å². The van der Waals surface area contributed by atoms with Crippen LogP contribution in [0.15, 0.2) is 149 Å². The minimum Gasteiger partial charge on any atom is -0.497 e. The number of benzene rings is 7. The van der Waals surface area contributed by atoms with Crippen molar-refractivity contribution in [1.29, 1.82) is 0 Å². The van der Waals surface area contributed by atoms with Crippen LogP contribution in [0.4, 0.5) is 0 Å². The quantitative estimate of drug-likeness (QED) is 0.0578. The molecule has 2 heterocycles. The number of nitrogens with zero attached hydrogens (tertiary/aromatic N) is 1. The molecular weight excluding hydrogens is 807 g/mol. The lowest BCUT2D eigenvalue weighted by atomic mass is 9.80. The molecule has 3 N–H and O–H groups in total. The van der Waals surface area contributed by atoms with Crippen LogP contribution >= 0.6 is 0 Å². The molecule has 9 rings (SSSR count). The number of aliphatic hydroxyl groups excluding tert-OH is 1. The first-order chi connectivity index (χ1) is 31.2. The van der Waals surface area contributed by atoms with Gasteiger partial charge in [0.15, 0.2) is 0 Å². The number of nitrogens with one attached hydrogen (secondary N) is 2. The molecule has 0 spiro atoms. The van der Waals surface area contributed by atoms with E-state index in [1.54, 1.807) is 14.2 Å². The number of hydrogen-bond acceptors (Lipinski definition) is 8. The number of ether oxygens (including phenoxy) is 4. The van der Waals surface area contributed by atoms with Gasteiger partial charge in [0.2, 0.25) is 5.91 Å². The van der Waals surface area contributed by atoms with Crippen LogP contribution in [0.2, 0.25) is 0 Å². The lowest BCUT2D eigenvalue weighted by Gasteiger charge is -2.37. The average molecular weight is 854 g/mol. The van der Waals surface area contributed by atoms with Gasteiger partial charge in [-0.3, -0.25) is 19.1 Å². The third-order valence-corrected chi connectivity index (χ3v) is 12.2. The van der Waals surface area contributed by atoms with Crippen molar-refractivity contribution in [2.75, 3.05) is 27.4 Å². The summed E-state index contributed by atoms with van der Waals surface area (Å²) in [5, 5.41) is 21.5. The molecule has 0 aliphatic carbocycles. The molecule has 0 radical (unpaired) electrons. The molecule has 7 aromatic carbocycles. The van der Waals surface area contributed by atoms with Crippen molar-refractivity contribution >= 4 is 38.2 Å². The molecular formula is C53H47N3O8. The fraction of sp³-hybridized carbons (Fsp3) is 0.226. The van der Waals surface area contributed by atoms with Crippen LogP contribution in [0.3, 0.4) is 0 Å². The SMILES string of the molecule is COc1ccc(C(OC[C@H]2O[C@@H](n3cc(C#CCNC(=O)CCCc4ccc5ccc6cccc7ccc4c5c67)c(=O)[nH]c3=O)C[C@@H]2O)(c2ccccc2)c2ccc(OC)cc2)cc1. The van der Waals surface area contributed by atoms with Gasteiger partial charge in [0, 0.05) is 19.0 Å². The Morgan fingerprint density at radius 2 is 1.42 bits per heavy atom. The molecule has 0 saturated carbocycles. The Morgan fingerprint density at radius 1 is 0.797 bits per heavy atom. The Hall–Kier alpha value is -7.23. The van der Waals surface area contributed by atoms with E-state index in [0.717, 1.165) is 23.1 Å². The molecule has 64 heavy (non-hydrogen) atoms. The zero-order valence-corrected chi connectivity index (χ0v) is 35.5. The van der Waals surface area contributed by atoms with Crippen molar-refractivity contribution in [2.45, 2.75) is 49.7 Å². The first-order valence-corrected chi connectivity index (χ1v) is 21.3. The van der Waals surface area contributed by atoms with Gasteiger partial charge in [0.1, 0.15) is 35.0 Å². The predicted molar refractivity (Wildman–Crippen MR) is 247 cm³/mol. The van der Waals surface area contributed by atoms with Crippen LogP contribution in [-0.2, 0) is 26.3 Å². The summed E-state index contributed by atoms with van der Waals surface area (Å²) in [4.78, 5) is 41.2. The lowest BCUT2D eigenvalue weighted by molar-refractivity contribution is -0.120. The summed E-state index contributed by atoms with van der Waals surface area (Å²) in [5.41, 5.74) is 1.15. The molecule has 8 aromatic rings. The predicted octanol–water partition coefficient (Wildman–Crippen LogP) is 7.60.